The van der Waals surface area contributed by atoms with E-state index >= 15 is 0 Å². The van der Waals surface area contributed by atoms with Crippen molar-refractivity contribution in [3.05, 3.63) is 29.3 Å². The van der Waals surface area contributed by atoms with E-state index in [-0.39, 0.29) is 17.4 Å². The molecule has 23 heavy (non-hydrogen) atoms. The maximum Gasteiger partial charge on any atom is 0.262 e. The lowest BCUT2D eigenvalue weighted by Gasteiger charge is -2.29. The molecule has 1 amide bonds. The van der Waals surface area contributed by atoms with Crippen LogP contribution in [0.4, 0.5) is 0 Å². The Bertz CT molecular complexity index is 646. The van der Waals surface area contributed by atoms with Gasteiger partial charge in [0.25, 0.3) is 5.91 Å². The molecule has 0 unspecified atom stereocenters. The van der Waals surface area contributed by atoms with Gasteiger partial charge in [-0.3, -0.25) is 4.79 Å². The number of phenols is 1. The molecule has 1 aromatic carbocycles. The van der Waals surface area contributed by atoms with Gasteiger partial charge in [-0.1, -0.05) is 19.8 Å². The molecule has 1 fully saturated rings. The van der Waals surface area contributed by atoms with E-state index in [0.717, 1.165) is 19.3 Å². The van der Waals surface area contributed by atoms with Crippen LogP contribution in [0.1, 0.15) is 38.2 Å². The minimum absolute atomic E-state index is 0.00242. The number of aromatic hydroxyl groups is 1. The fourth-order valence-electron chi connectivity index (χ4n) is 2.86. The van der Waals surface area contributed by atoms with Gasteiger partial charge in [-0.2, -0.15) is 5.26 Å². The molecule has 0 radical (unpaired) electrons. The number of nitriles is 1. The first-order chi connectivity index (χ1) is 11.0. The van der Waals surface area contributed by atoms with E-state index < -0.39 is 5.91 Å². The molecule has 1 saturated carbocycles. The minimum atomic E-state index is -0.395. The number of hydrogen-bond donors (Lipinski definition) is 2. The Morgan fingerprint density at radius 3 is 2.83 bits per heavy atom. The van der Waals surface area contributed by atoms with E-state index in [9.17, 15) is 15.2 Å². The number of nitrogens with one attached hydrogen (secondary N) is 1. The summed E-state index contributed by atoms with van der Waals surface area (Å²) in [6.45, 7) is 2.12. The maximum atomic E-state index is 12.3. The molecule has 1 aliphatic rings. The van der Waals surface area contributed by atoms with Gasteiger partial charge in [0.1, 0.15) is 23.1 Å². The summed E-state index contributed by atoms with van der Waals surface area (Å²) in [6, 6.07) is 6.69. The number of hydrogen-bond acceptors (Lipinski definition) is 4. The van der Waals surface area contributed by atoms with Crippen LogP contribution in [0.3, 0.4) is 0 Å². The topological polar surface area (TPSA) is 82.3 Å². The standard InChI is InChI=1S/C18H22N2O3/c1-12-5-3-4-6-16(12)20-18(22)14(11-19)9-13-10-15(23-2)7-8-17(13)21/h7-10,12,16,21H,3-6H2,1-2H3,(H,20,22)/b14-9+/t12-,16+/m1/s1. The number of phenolic OH excluding ortho intramolecular Hbond substituents is 1. The smallest absolute Gasteiger partial charge is 0.262 e. The van der Waals surface area contributed by atoms with Crippen LogP contribution < -0.4 is 10.1 Å². The molecular formula is C18H22N2O3. The summed E-state index contributed by atoms with van der Waals surface area (Å²) in [4.78, 5) is 12.3. The highest BCUT2D eigenvalue weighted by Crippen LogP contribution is 2.26. The van der Waals surface area contributed by atoms with Crippen molar-refractivity contribution in [2.24, 2.45) is 5.92 Å². The van der Waals surface area contributed by atoms with Crippen molar-refractivity contribution in [3.63, 3.8) is 0 Å². The highest BCUT2D eigenvalue weighted by Gasteiger charge is 2.24. The van der Waals surface area contributed by atoms with Crippen molar-refractivity contribution in [2.75, 3.05) is 7.11 Å². The maximum absolute atomic E-state index is 12.3. The van der Waals surface area contributed by atoms with Gasteiger partial charge in [-0.25, -0.2) is 0 Å². The Morgan fingerprint density at radius 1 is 1.43 bits per heavy atom. The van der Waals surface area contributed by atoms with Crippen LogP contribution in [0, 0.1) is 17.2 Å². The molecule has 122 valence electrons. The molecule has 0 spiro atoms. The zero-order valence-electron chi connectivity index (χ0n) is 13.5. The van der Waals surface area contributed by atoms with Gasteiger partial charge in [0.05, 0.1) is 7.11 Å². The van der Waals surface area contributed by atoms with Gasteiger partial charge in [0, 0.05) is 11.6 Å². The third-order valence-corrected chi connectivity index (χ3v) is 4.33. The number of ether oxygens (including phenoxy) is 1. The second-order valence-electron chi connectivity index (χ2n) is 5.94. The molecule has 2 atom stereocenters. The average Bonchev–Trinajstić information content (AvgIpc) is 2.56. The monoisotopic (exact) mass is 314 g/mol. The Hall–Kier alpha value is -2.48. The van der Waals surface area contributed by atoms with Crippen LogP contribution in [0.5, 0.6) is 11.5 Å². The van der Waals surface area contributed by atoms with Gasteiger partial charge in [-0.05, 0) is 43.0 Å². The van der Waals surface area contributed by atoms with Crippen LogP contribution >= 0.6 is 0 Å². The fourth-order valence-corrected chi connectivity index (χ4v) is 2.86. The lowest BCUT2D eigenvalue weighted by atomic mass is 9.86. The number of benzene rings is 1. The molecule has 0 aliphatic heterocycles. The molecule has 0 aromatic heterocycles. The third-order valence-electron chi connectivity index (χ3n) is 4.33. The first kappa shape index (κ1) is 16.9. The number of methoxy groups -OCH3 is 1. The van der Waals surface area contributed by atoms with Crippen molar-refractivity contribution in [2.45, 2.75) is 38.6 Å². The van der Waals surface area contributed by atoms with Crippen molar-refractivity contribution in [1.82, 2.24) is 5.32 Å². The largest absolute Gasteiger partial charge is 0.507 e. The molecule has 2 rings (SSSR count). The summed E-state index contributed by atoms with van der Waals surface area (Å²) >= 11 is 0. The molecule has 0 heterocycles. The van der Waals surface area contributed by atoms with E-state index in [4.69, 9.17) is 4.74 Å². The van der Waals surface area contributed by atoms with Gasteiger partial charge in [0.2, 0.25) is 0 Å². The second-order valence-corrected chi connectivity index (χ2v) is 5.94. The van der Waals surface area contributed by atoms with Crippen molar-refractivity contribution in [3.8, 4) is 17.6 Å². The SMILES string of the molecule is COc1ccc(O)c(/C=C(\C#N)C(=O)N[C@H]2CCCC[C@H]2C)c1. The molecule has 0 saturated heterocycles. The Kier molecular flexibility index (Phi) is 5.64. The first-order valence-electron chi connectivity index (χ1n) is 7.84. The lowest BCUT2D eigenvalue weighted by Crippen LogP contribution is -2.41. The van der Waals surface area contributed by atoms with E-state index in [1.807, 2.05) is 6.07 Å². The minimum Gasteiger partial charge on any atom is -0.507 e. The van der Waals surface area contributed by atoms with Crippen LogP contribution in [0.25, 0.3) is 6.08 Å². The first-order valence-corrected chi connectivity index (χ1v) is 7.84. The fraction of sp³-hybridized carbons (Fsp3) is 0.444. The number of carbonyl (C=O) groups excluding carboxylic acids is 1. The Morgan fingerprint density at radius 2 is 2.17 bits per heavy atom. The predicted octanol–water partition coefficient (Wildman–Crippen LogP) is 3.00. The number of nitrogens with zero attached hydrogens (tertiary/aromatic N) is 1. The van der Waals surface area contributed by atoms with Crippen LogP contribution in [0.15, 0.2) is 23.8 Å². The molecule has 1 aliphatic carbocycles. The Balaban J connectivity index is 2.18. The molecule has 0 bridgehead atoms. The number of amides is 1. The van der Waals surface area contributed by atoms with Crippen molar-refractivity contribution < 1.29 is 14.6 Å². The third kappa shape index (κ3) is 4.26. The zero-order chi connectivity index (χ0) is 16.8. The summed E-state index contributed by atoms with van der Waals surface area (Å²) in [5.41, 5.74) is 0.360. The zero-order valence-corrected chi connectivity index (χ0v) is 13.5. The summed E-state index contributed by atoms with van der Waals surface area (Å²) in [5.74, 6) is 0.566. The van der Waals surface area contributed by atoms with E-state index in [0.29, 0.717) is 17.2 Å². The number of carbonyl (C=O) groups is 1. The molecule has 5 nitrogen and oxygen atoms in total. The lowest BCUT2D eigenvalue weighted by molar-refractivity contribution is -0.118. The highest BCUT2D eigenvalue weighted by molar-refractivity contribution is 6.02. The molecular weight excluding hydrogens is 292 g/mol. The van der Waals surface area contributed by atoms with E-state index in [1.54, 1.807) is 12.1 Å². The second kappa shape index (κ2) is 7.68. The van der Waals surface area contributed by atoms with Crippen molar-refractivity contribution in [1.29, 1.82) is 5.26 Å². The summed E-state index contributed by atoms with van der Waals surface area (Å²) in [5, 5.41) is 22.1. The normalized spacial score (nSPS) is 21.3. The van der Waals surface area contributed by atoms with Crippen LogP contribution in [-0.4, -0.2) is 24.2 Å². The van der Waals surface area contributed by atoms with Crippen LogP contribution in [0.2, 0.25) is 0 Å². The predicted molar refractivity (Wildman–Crippen MR) is 87.8 cm³/mol. The van der Waals surface area contributed by atoms with E-state index in [1.165, 1.54) is 25.7 Å². The van der Waals surface area contributed by atoms with Gasteiger partial charge in [-0.15, -0.1) is 0 Å². The van der Waals surface area contributed by atoms with Crippen molar-refractivity contribution >= 4 is 12.0 Å². The summed E-state index contributed by atoms with van der Waals surface area (Å²) in [6.07, 6.45) is 5.70. The Labute approximate surface area is 136 Å². The summed E-state index contributed by atoms with van der Waals surface area (Å²) in [7, 11) is 1.52. The van der Waals surface area contributed by atoms with Gasteiger partial charge in [0.15, 0.2) is 0 Å². The van der Waals surface area contributed by atoms with E-state index in [2.05, 4.69) is 12.2 Å². The molecule has 2 N–H and O–H groups in total. The van der Waals surface area contributed by atoms with Crippen LogP contribution in [-0.2, 0) is 4.79 Å². The van der Waals surface area contributed by atoms with Gasteiger partial charge < -0.3 is 15.2 Å². The quantitative estimate of drug-likeness (QED) is 0.661. The highest BCUT2D eigenvalue weighted by atomic mass is 16.5. The average molecular weight is 314 g/mol. The number of rotatable bonds is 4. The molecule has 5 heteroatoms. The summed E-state index contributed by atoms with van der Waals surface area (Å²) < 4.78 is 5.10. The van der Waals surface area contributed by atoms with Gasteiger partial charge >= 0.3 is 0 Å². The molecule has 1 aromatic rings.